The minimum absolute atomic E-state index is 0.490. The van der Waals surface area contributed by atoms with Gasteiger partial charge in [-0.15, -0.1) is 0 Å². The van der Waals surface area contributed by atoms with E-state index in [1.807, 2.05) is 31.2 Å². The van der Waals surface area contributed by atoms with Gasteiger partial charge in [0.25, 0.3) is 0 Å². The molecular formula is C21H23BO2. The van der Waals surface area contributed by atoms with Crippen LogP contribution in [0, 0.1) is 0 Å². The van der Waals surface area contributed by atoms with Gasteiger partial charge in [0, 0.05) is 0 Å². The van der Waals surface area contributed by atoms with Crippen molar-refractivity contribution in [3.63, 3.8) is 0 Å². The zero-order chi connectivity index (χ0) is 17.4. The normalized spacial score (nSPS) is 15.0. The molecule has 0 fully saturated rings. The van der Waals surface area contributed by atoms with Crippen LogP contribution in [0.15, 0.2) is 90.6 Å². The van der Waals surface area contributed by atoms with Crippen LogP contribution in [0.2, 0.25) is 0 Å². The van der Waals surface area contributed by atoms with Gasteiger partial charge in [0.05, 0.1) is 0 Å². The van der Waals surface area contributed by atoms with Crippen LogP contribution in [-0.2, 0) is 0 Å². The second-order valence-electron chi connectivity index (χ2n) is 5.68. The number of benzene rings is 1. The predicted molar refractivity (Wildman–Crippen MR) is 104 cm³/mol. The third-order valence-electron chi connectivity index (χ3n) is 3.96. The van der Waals surface area contributed by atoms with Crippen LogP contribution in [0.5, 0.6) is 0 Å². The molecule has 1 aromatic carbocycles. The fourth-order valence-corrected chi connectivity index (χ4v) is 2.58. The second-order valence-corrected chi connectivity index (χ2v) is 5.68. The van der Waals surface area contributed by atoms with Gasteiger partial charge in [-0.05, 0) is 41.9 Å². The van der Waals surface area contributed by atoms with Crippen LogP contribution in [0.4, 0.5) is 0 Å². The molecule has 1 aliphatic rings. The summed E-state index contributed by atoms with van der Waals surface area (Å²) in [7, 11) is -1.43. The highest BCUT2D eigenvalue weighted by atomic mass is 16.4. The van der Waals surface area contributed by atoms with Gasteiger partial charge in [0.2, 0.25) is 0 Å². The third-order valence-corrected chi connectivity index (χ3v) is 3.96. The first-order chi connectivity index (χ1) is 11.6. The average Bonchev–Trinajstić information content (AvgIpc) is 2.87. The molecule has 1 aliphatic carbocycles. The summed E-state index contributed by atoms with van der Waals surface area (Å²) in [6, 6.07) is 7.26. The molecule has 122 valence electrons. The van der Waals surface area contributed by atoms with E-state index in [4.69, 9.17) is 0 Å². The molecule has 0 heterocycles. The highest BCUT2D eigenvalue weighted by molar-refractivity contribution is 6.58. The van der Waals surface area contributed by atoms with E-state index in [0.29, 0.717) is 5.46 Å². The average molecular weight is 318 g/mol. The summed E-state index contributed by atoms with van der Waals surface area (Å²) in [6.45, 7) is 5.94. The zero-order valence-corrected chi connectivity index (χ0v) is 14.0. The Kier molecular flexibility index (Phi) is 6.80. The third kappa shape index (κ3) is 5.09. The fourth-order valence-electron chi connectivity index (χ4n) is 2.58. The minimum atomic E-state index is -1.43. The molecule has 0 saturated heterocycles. The van der Waals surface area contributed by atoms with Crippen LogP contribution in [0.3, 0.4) is 0 Å². The Labute approximate surface area is 144 Å². The van der Waals surface area contributed by atoms with Gasteiger partial charge in [-0.3, -0.25) is 0 Å². The molecule has 0 aromatic heterocycles. The van der Waals surface area contributed by atoms with E-state index in [2.05, 4.69) is 43.0 Å². The summed E-state index contributed by atoms with van der Waals surface area (Å²) in [5, 5.41) is 18.4. The van der Waals surface area contributed by atoms with Crippen LogP contribution in [0.25, 0.3) is 5.57 Å². The van der Waals surface area contributed by atoms with Crippen molar-refractivity contribution in [1.29, 1.82) is 0 Å². The smallest absolute Gasteiger partial charge is 0.423 e. The first-order valence-electron chi connectivity index (χ1n) is 8.11. The Bertz CT molecular complexity index is 717. The lowest BCUT2D eigenvalue weighted by molar-refractivity contribution is 0.426. The van der Waals surface area contributed by atoms with Crippen molar-refractivity contribution in [3.05, 3.63) is 96.2 Å². The molecule has 2 nitrogen and oxygen atoms in total. The Morgan fingerprint density at radius 3 is 2.54 bits per heavy atom. The lowest BCUT2D eigenvalue weighted by Crippen LogP contribution is -2.29. The van der Waals surface area contributed by atoms with Gasteiger partial charge < -0.3 is 10.0 Å². The first-order valence-corrected chi connectivity index (χ1v) is 8.11. The maximum atomic E-state index is 9.20. The summed E-state index contributed by atoms with van der Waals surface area (Å²) in [6.07, 6.45) is 18.4. The number of hydrogen-bond donors (Lipinski definition) is 2. The molecular weight excluding hydrogens is 295 g/mol. The van der Waals surface area contributed by atoms with Gasteiger partial charge >= 0.3 is 7.12 Å². The first kappa shape index (κ1) is 18.0. The van der Waals surface area contributed by atoms with Crippen molar-refractivity contribution >= 4 is 18.2 Å². The van der Waals surface area contributed by atoms with Crippen molar-refractivity contribution in [2.24, 2.45) is 0 Å². The highest BCUT2D eigenvalue weighted by Crippen LogP contribution is 2.23. The van der Waals surface area contributed by atoms with E-state index in [-0.39, 0.29) is 0 Å². The van der Waals surface area contributed by atoms with E-state index >= 15 is 0 Å². The van der Waals surface area contributed by atoms with Gasteiger partial charge in [-0.25, -0.2) is 0 Å². The summed E-state index contributed by atoms with van der Waals surface area (Å²) in [4.78, 5) is 0. The summed E-state index contributed by atoms with van der Waals surface area (Å²) in [5.74, 6) is 0. The Morgan fingerprint density at radius 2 is 1.92 bits per heavy atom. The van der Waals surface area contributed by atoms with E-state index in [1.165, 1.54) is 5.57 Å². The molecule has 2 N–H and O–H groups in total. The van der Waals surface area contributed by atoms with Gasteiger partial charge in [-0.2, -0.15) is 0 Å². The zero-order valence-electron chi connectivity index (χ0n) is 14.0. The van der Waals surface area contributed by atoms with E-state index in [1.54, 1.807) is 12.1 Å². The van der Waals surface area contributed by atoms with Crippen molar-refractivity contribution in [1.82, 2.24) is 0 Å². The molecule has 0 aliphatic heterocycles. The molecule has 0 atom stereocenters. The quantitative estimate of drug-likeness (QED) is 0.620. The fraction of sp³-hybridized carbons (Fsp3) is 0.143. The van der Waals surface area contributed by atoms with Crippen LogP contribution >= 0.6 is 0 Å². The lowest BCUT2D eigenvalue weighted by Gasteiger charge is -2.09. The molecule has 2 rings (SSSR count). The topological polar surface area (TPSA) is 40.5 Å². The highest BCUT2D eigenvalue weighted by Gasteiger charge is 2.10. The summed E-state index contributed by atoms with van der Waals surface area (Å²) in [5.41, 5.74) is 5.12. The van der Waals surface area contributed by atoms with Gasteiger partial charge in [0.15, 0.2) is 0 Å². The van der Waals surface area contributed by atoms with Crippen molar-refractivity contribution in [2.75, 3.05) is 0 Å². The van der Waals surface area contributed by atoms with Crippen molar-refractivity contribution < 1.29 is 10.0 Å². The summed E-state index contributed by atoms with van der Waals surface area (Å²) >= 11 is 0. The standard InChI is InChI=1S/C21H23BO2/c1-3-17(15-18-9-7-5-6-8-10-18)16-19(4-2)20-11-13-21(14-12-20)22(23)24/h3-9,11-14,16,23-24H,1,10,15H2,2H3/b17-16+,19-4+. The van der Waals surface area contributed by atoms with E-state index in [9.17, 15) is 10.0 Å². The van der Waals surface area contributed by atoms with E-state index < -0.39 is 7.12 Å². The maximum absolute atomic E-state index is 9.20. The predicted octanol–water partition coefficient (Wildman–Crippen LogP) is 3.71. The number of allylic oxidation sites excluding steroid dienone is 11. The van der Waals surface area contributed by atoms with E-state index in [0.717, 1.165) is 29.6 Å². The molecule has 0 spiro atoms. The minimum Gasteiger partial charge on any atom is -0.423 e. The largest absolute Gasteiger partial charge is 0.488 e. The summed E-state index contributed by atoms with van der Waals surface area (Å²) < 4.78 is 0. The van der Waals surface area contributed by atoms with Gasteiger partial charge in [-0.1, -0.05) is 85.0 Å². The molecule has 1 aromatic rings. The Hall–Kier alpha value is -2.36. The maximum Gasteiger partial charge on any atom is 0.488 e. The molecule has 0 unspecified atom stereocenters. The van der Waals surface area contributed by atoms with Crippen molar-refractivity contribution in [2.45, 2.75) is 19.8 Å². The van der Waals surface area contributed by atoms with Crippen LogP contribution in [-0.4, -0.2) is 17.2 Å². The lowest BCUT2D eigenvalue weighted by atomic mass is 9.79. The molecule has 0 bridgehead atoms. The number of hydrogen-bond acceptors (Lipinski definition) is 2. The molecule has 0 saturated carbocycles. The molecule has 0 radical (unpaired) electrons. The Balaban J connectivity index is 2.20. The van der Waals surface area contributed by atoms with Crippen LogP contribution < -0.4 is 5.46 Å². The monoisotopic (exact) mass is 318 g/mol. The molecule has 24 heavy (non-hydrogen) atoms. The van der Waals surface area contributed by atoms with Crippen LogP contribution in [0.1, 0.15) is 25.3 Å². The van der Waals surface area contributed by atoms with Crippen molar-refractivity contribution in [3.8, 4) is 0 Å². The molecule has 3 heteroatoms. The van der Waals surface area contributed by atoms with Gasteiger partial charge in [0.1, 0.15) is 0 Å². The Morgan fingerprint density at radius 1 is 1.17 bits per heavy atom. The SMILES string of the molecule is C=C/C(=C\C(=C/C)c1ccc(B(O)O)cc1)CC1=CC=CC=CC1. The second kappa shape index (κ2) is 9.07. The number of rotatable bonds is 6. The molecule has 0 amide bonds.